The number of halogens is 2. The maximum Gasteiger partial charge on any atom is 0.329 e. The fourth-order valence-corrected chi connectivity index (χ4v) is 2.33. The minimum atomic E-state index is -1.28. The van der Waals surface area contributed by atoms with Crippen LogP contribution in [0.15, 0.2) is 18.2 Å². The number of nitrogens with one attached hydrogen (secondary N) is 1. The summed E-state index contributed by atoms with van der Waals surface area (Å²) < 4.78 is 26.4. The molecule has 1 aromatic rings. The lowest BCUT2D eigenvalue weighted by Gasteiger charge is -2.26. The van der Waals surface area contributed by atoms with Crippen LogP contribution in [0.1, 0.15) is 31.7 Å². The van der Waals surface area contributed by atoms with E-state index < -0.39 is 29.0 Å². The van der Waals surface area contributed by atoms with Crippen LogP contribution >= 0.6 is 0 Å². The summed E-state index contributed by atoms with van der Waals surface area (Å²) in [7, 11) is 0. The first-order valence-corrected chi connectivity index (χ1v) is 6.81. The molecule has 0 radical (unpaired) electrons. The fraction of sp³-hybridized carbons (Fsp3) is 0.467. The quantitative estimate of drug-likeness (QED) is 0.846. The number of rotatable bonds is 6. The van der Waals surface area contributed by atoms with E-state index in [4.69, 9.17) is 0 Å². The molecular weight excluding hydrogens is 280 g/mol. The van der Waals surface area contributed by atoms with E-state index >= 15 is 0 Å². The van der Waals surface area contributed by atoms with Crippen LogP contribution < -0.4 is 5.32 Å². The van der Waals surface area contributed by atoms with E-state index in [1.807, 2.05) is 0 Å². The predicted molar refractivity (Wildman–Crippen MR) is 71.6 cm³/mol. The molecular formula is C15H17F2NO3. The third-order valence-electron chi connectivity index (χ3n) is 3.87. The van der Waals surface area contributed by atoms with E-state index in [1.54, 1.807) is 0 Å². The van der Waals surface area contributed by atoms with Crippen molar-refractivity contribution in [2.75, 3.05) is 0 Å². The number of amides is 1. The molecule has 1 atom stereocenters. The molecule has 2 N–H and O–H groups in total. The van der Waals surface area contributed by atoms with Crippen molar-refractivity contribution in [3.05, 3.63) is 35.4 Å². The zero-order valence-electron chi connectivity index (χ0n) is 11.7. The highest BCUT2D eigenvalue weighted by atomic mass is 19.1. The molecule has 1 fully saturated rings. The Labute approximate surface area is 121 Å². The minimum absolute atomic E-state index is 0.0236. The Bertz CT molecular complexity index is 572. The summed E-state index contributed by atoms with van der Waals surface area (Å²) in [4.78, 5) is 23.2. The molecule has 114 valence electrons. The van der Waals surface area contributed by atoms with Crippen LogP contribution in [0.2, 0.25) is 0 Å². The minimum Gasteiger partial charge on any atom is -0.480 e. The second-order valence-corrected chi connectivity index (χ2v) is 5.57. The van der Waals surface area contributed by atoms with Gasteiger partial charge in [0.1, 0.15) is 17.2 Å². The maximum atomic E-state index is 13.4. The molecule has 0 spiro atoms. The van der Waals surface area contributed by atoms with Gasteiger partial charge >= 0.3 is 5.97 Å². The number of carboxylic acid groups (broad SMARTS) is 1. The summed E-state index contributed by atoms with van der Waals surface area (Å²) >= 11 is 0. The molecule has 0 bridgehead atoms. The van der Waals surface area contributed by atoms with E-state index in [1.165, 1.54) is 6.92 Å². The Kier molecular flexibility index (Phi) is 4.25. The topological polar surface area (TPSA) is 66.4 Å². The van der Waals surface area contributed by atoms with Gasteiger partial charge in [0, 0.05) is 6.42 Å². The molecule has 21 heavy (non-hydrogen) atoms. The van der Waals surface area contributed by atoms with Crippen molar-refractivity contribution in [3.63, 3.8) is 0 Å². The van der Waals surface area contributed by atoms with Gasteiger partial charge in [0.05, 0.1) is 0 Å². The van der Waals surface area contributed by atoms with Crippen LogP contribution in [0, 0.1) is 17.6 Å². The summed E-state index contributed by atoms with van der Waals surface area (Å²) in [5.74, 6) is -2.76. The van der Waals surface area contributed by atoms with Gasteiger partial charge in [-0.05, 0) is 55.9 Å². The average Bonchev–Trinajstić information content (AvgIpc) is 3.24. The molecule has 0 aliphatic heterocycles. The number of aryl methyl sites for hydroxylation is 1. The van der Waals surface area contributed by atoms with Gasteiger partial charge in [-0.15, -0.1) is 0 Å². The Morgan fingerprint density at radius 1 is 1.38 bits per heavy atom. The number of benzene rings is 1. The van der Waals surface area contributed by atoms with Gasteiger partial charge in [-0.2, -0.15) is 0 Å². The molecule has 6 heteroatoms. The van der Waals surface area contributed by atoms with Gasteiger partial charge in [0.2, 0.25) is 5.91 Å². The lowest BCUT2D eigenvalue weighted by Crippen LogP contribution is -2.54. The molecule has 2 rings (SSSR count). The molecule has 0 saturated heterocycles. The molecule has 0 unspecified atom stereocenters. The molecule has 1 amide bonds. The van der Waals surface area contributed by atoms with E-state index in [2.05, 4.69) is 5.32 Å². The Balaban J connectivity index is 1.95. The Hall–Kier alpha value is -1.98. The third-order valence-corrected chi connectivity index (χ3v) is 3.87. The van der Waals surface area contributed by atoms with Gasteiger partial charge in [-0.3, -0.25) is 4.79 Å². The summed E-state index contributed by atoms with van der Waals surface area (Å²) in [6, 6.07) is 3.06. The van der Waals surface area contributed by atoms with Crippen molar-refractivity contribution < 1.29 is 23.5 Å². The van der Waals surface area contributed by atoms with Crippen molar-refractivity contribution in [3.8, 4) is 0 Å². The van der Waals surface area contributed by atoms with Crippen LogP contribution in [0.5, 0.6) is 0 Å². The normalized spacial score (nSPS) is 17.1. The lowest BCUT2D eigenvalue weighted by molar-refractivity contribution is -0.147. The first-order valence-electron chi connectivity index (χ1n) is 6.81. The zero-order valence-corrected chi connectivity index (χ0v) is 11.7. The molecule has 0 heterocycles. The molecule has 1 aliphatic carbocycles. The number of hydrogen-bond donors (Lipinski definition) is 2. The number of aliphatic carboxylic acids is 1. The Morgan fingerprint density at radius 3 is 2.62 bits per heavy atom. The number of carbonyl (C=O) groups excluding carboxylic acids is 1. The number of carbonyl (C=O) groups is 2. The maximum absolute atomic E-state index is 13.4. The first-order chi connectivity index (χ1) is 9.83. The highest BCUT2D eigenvalue weighted by Gasteiger charge is 2.48. The SMILES string of the molecule is C[C@](NC(=O)CCc1cc(F)ccc1F)(C(=O)O)C1CC1. The van der Waals surface area contributed by atoms with Crippen LogP contribution in [0.4, 0.5) is 8.78 Å². The number of hydrogen-bond acceptors (Lipinski definition) is 2. The second-order valence-electron chi connectivity index (χ2n) is 5.57. The predicted octanol–water partition coefficient (Wildman–Crippen LogP) is 2.27. The van der Waals surface area contributed by atoms with Crippen LogP contribution in [-0.2, 0) is 16.0 Å². The van der Waals surface area contributed by atoms with Gasteiger partial charge in [0.25, 0.3) is 0 Å². The average molecular weight is 297 g/mol. The third kappa shape index (κ3) is 3.56. The summed E-state index contributed by atoms with van der Waals surface area (Å²) in [6.07, 6.45) is 1.47. The van der Waals surface area contributed by atoms with Gasteiger partial charge in [-0.1, -0.05) is 0 Å². The van der Waals surface area contributed by atoms with E-state index in [9.17, 15) is 23.5 Å². The van der Waals surface area contributed by atoms with E-state index in [-0.39, 0.29) is 24.3 Å². The summed E-state index contributed by atoms with van der Waals surface area (Å²) in [6.45, 7) is 1.48. The summed E-state index contributed by atoms with van der Waals surface area (Å²) in [5.41, 5.74) is -1.18. The van der Waals surface area contributed by atoms with E-state index in [0.29, 0.717) is 0 Å². The lowest BCUT2D eigenvalue weighted by atomic mass is 9.95. The van der Waals surface area contributed by atoms with Crippen molar-refractivity contribution >= 4 is 11.9 Å². The van der Waals surface area contributed by atoms with Gasteiger partial charge in [-0.25, -0.2) is 13.6 Å². The Morgan fingerprint density at radius 2 is 2.05 bits per heavy atom. The van der Waals surface area contributed by atoms with Crippen molar-refractivity contribution in [2.24, 2.45) is 5.92 Å². The second kappa shape index (κ2) is 5.79. The fourth-order valence-electron chi connectivity index (χ4n) is 2.33. The highest BCUT2D eigenvalue weighted by Crippen LogP contribution is 2.39. The molecule has 1 aliphatic rings. The van der Waals surface area contributed by atoms with Crippen molar-refractivity contribution in [1.29, 1.82) is 0 Å². The largest absolute Gasteiger partial charge is 0.480 e. The van der Waals surface area contributed by atoms with E-state index in [0.717, 1.165) is 31.0 Å². The zero-order chi connectivity index (χ0) is 15.6. The van der Waals surface area contributed by atoms with Crippen LogP contribution in [0.3, 0.4) is 0 Å². The van der Waals surface area contributed by atoms with Crippen molar-refractivity contribution in [1.82, 2.24) is 5.32 Å². The monoisotopic (exact) mass is 297 g/mol. The molecule has 0 aromatic heterocycles. The molecule has 1 saturated carbocycles. The van der Waals surface area contributed by atoms with Crippen LogP contribution in [0.25, 0.3) is 0 Å². The van der Waals surface area contributed by atoms with Crippen molar-refractivity contribution in [2.45, 2.75) is 38.1 Å². The first kappa shape index (κ1) is 15.4. The summed E-state index contributed by atoms with van der Waals surface area (Å²) in [5, 5.41) is 11.7. The van der Waals surface area contributed by atoms with Gasteiger partial charge < -0.3 is 10.4 Å². The molecule has 4 nitrogen and oxygen atoms in total. The molecule has 1 aromatic carbocycles. The number of carboxylic acids is 1. The smallest absolute Gasteiger partial charge is 0.329 e. The van der Waals surface area contributed by atoms with Crippen LogP contribution in [-0.4, -0.2) is 22.5 Å². The highest BCUT2D eigenvalue weighted by molar-refractivity contribution is 5.87. The van der Waals surface area contributed by atoms with Gasteiger partial charge in [0.15, 0.2) is 0 Å². The standard InChI is InChI=1S/C15H17F2NO3/c1-15(14(20)21,10-3-4-10)18-13(19)7-2-9-8-11(16)5-6-12(9)17/h5-6,8,10H,2-4,7H2,1H3,(H,18,19)(H,20,21)/t15-/m1/s1.